The second-order valence-electron chi connectivity index (χ2n) is 16.9. The molecular formula is C52H61ClN7O9P. The molecule has 16 nitrogen and oxygen atoms in total. The molecule has 0 N–H and O–H groups in total. The van der Waals surface area contributed by atoms with Gasteiger partial charge in [0.25, 0.3) is 14.2 Å². The first-order valence-corrected chi connectivity index (χ1v) is 24.7. The second-order valence-corrected chi connectivity index (χ2v) is 18.7. The summed E-state index contributed by atoms with van der Waals surface area (Å²) >= 11 is 6.21. The summed E-state index contributed by atoms with van der Waals surface area (Å²) in [5, 5.41) is 29.0. The lowest BCUT2D eigenvalue weighted by molar-refractivity contribution is -0.384. The summed E-state index contributed by atoms with van der Waals surface area (Å²) in [5.74, 6) is 1.39. The Balaban J connectivity index is 1.25. The fraction of sp³-hybridized carbons (Fsp3) is 0.385. The number of nitrogens with zero attached hydrogens (tertiary/aromatic N) is 7. The third-order valence-electron chi connectivity index (χ3n) is 11.8. The van der Waals surface area contributed by atoms with Gasteiger partial charge in [0.05, 0.1) is 80.8 Å². The second kappa shape index (κ2) is 25.6. The van der Waals surface area contributed by atoms with E-state index in [9.17, 15) is 20.2 Å². The molecule has 70 heavy (non-hydrogen) atoms. The number of methoxy groups -OCH3 is 2. The highest BCUT2D eigenvalue weighted by atomic mass is 35.5. The number of nitro groups is 1. The molecule has 0 radical (unpaired) electrons. The third-order valence-corrected chi connectivity index (χ3v) is 14.3. The van der Waals surface area contributed by atoms with E-state index in [-0.39, 0.29) is 55.6 Å². The van der Waals surface area contributed by atoms with Gasteiger partial charge in [-0.2, -0.15) is 10.4 Å². The van der Waals surface area contributed by atoms with Gasteiger partial charge in [-0.3, -0.25) is 10.1 Å². The predicted molar refractivity (Wildman–Crippen MR) is 271 cm³/mol. The largest absolute Gasteiger partial charge is 0.497 e. The van der Waals surface area contributed by atoms with Gasteiger partial charge < -0.3 is 37.8 Å². The van der Waals surface area contributed by atoms with Gasteiger partial charge in [-0.1, -0.05) is 66.2 Å². The molecule has 0 aromatic heterocycles. The van der Waals surface area contributed by atoms with Gasteiger partial charge in [-0.25, -0.2) is 9.46 Å². The summed E-state index contributed by atoms with van der Waals surface area (Å²) in [4.78, 5) is 28.8. The number of hydrogen-bond donors (Lipinski definition) is 0. The molecule has 18 heteroatoms. The number of azo groups is 1. The minimum Gasteiger partial charge on any atom is -0.497 e. The lowest BCUT2D eigenvalue weighted by atomic mass is 9.80. The Bertz CT molecular complexity index is 2480. The van der Waals surface area contributed by atoms with Crippen LogP contribution in [0.5, 0.6) is 11.5 Å². The summed E-state index contributed by atoms with van der Waals surface area (Å²) < 4.78 is 39.9. The number of amides is 1. The zero-order valence-corrected chi connectivity index (χ0v) is 42.3. The van der Waals surface area contributed by atoms with E-state index in [1.807, 2.05) is 97.9 Å². The van der Waals surface area contributed by atoms with Gasteiger partial charge in [-0.05, 0) is 112 Å². The number of nitro benzene ring substituents is 1. The molecule has 1 heterocycles. The third kappa shape index (κ3) is 13.4. The fourth-order valence-electron chi connectivity index (χ4n) is 8.38. The first-order chi connectivity index (χ1) is 33.8. The minimum atomic E-state index is -1.61. The Kier molecular flexibility index (Phi) is 19.5. The van der Waals surface area contributed by atoms with Gasteiger partial charge in [0.15, 0.2) is 0 Å². The Hall–Kier alpha value is -6.18. The highest BCUT2D eigenvalue weighted by molar-refractivity contribution is 7.44. The molecule has 1 saturated heterocycles. The topological polar surface area (TPSA) is 174 Å². The Morgan fingerprint density at radius 3 is 2.04 bits per heavy atom. The number of nitriles is 1. The van der Waals surface area contributed by atoms with Crippen LogP contribution in [0, 0.1) is 21.4 Å². The molecule has 0 spiro atoms. The van der Waals surface area contributed by atoms with Crippen LogP contribution in [-0.2, 0) is 24.1 Å². The SMILES string of the molecule is CCN(CCOC(=O)N1C[C@H](OP(OCCC#N)N(C(C)C)C(C)C)C[C@H]1COC(c1ccccc1)(c1ccc(OC)cc1)c1ccc(OC)cc1)c1ccc(N=Nc2ccc([N+](=O)[O-])cc2Cl)cc1. The molecule has 0 saturated carbocycles. The van der Waals surface area contributed by atoms with Gasteiger partial charge in [-0.15, -0.1) is 5.11 Å². The Morgan fingerprint density at radius 1 is 0.886 bits per heavy atom. The van der Waals surface area contributed by atoms with Crippen LogP contribution in [0.2, 0.25) is 5.02 Å². The summed E-state index contributed by atoms with van der Waals surface area (Å²) in [5.41, 5.74) is 3.07. The highest BCUT2D eigenvalue weighted by Gasteiger charge is 2.44. The van der Waals surface area contributed by atoms with Crippen molar-refractivity contribution in [3.8, 4) is 17.6 Å². The van der Waals surface area contributed by atoms with Crippen molar-refractivity contribution >= 4 is 49.0 Å². The van der Waals surface area contributed by atoms with Crippen molar-refractivity contribution in [3.05, 3.63) is 153 Å². The number of hydrogen-bond acceptors (Lipinski definition) is 14. The van der Waals surface area contributed by atoms with Crippen LogP contribution in [0.1, 0.15) is 64.2 Å². The normalized spacial score (nSPS) is 15.4. The number of anilines is 1. The maximum absolute atomic E-state index is 14.4. The van der Waals surface area contributed by atoms with Crippen molar-refractivity contribution in [2.45, 2.75) is 77.3 Å². The molecule has 1 aliphatic heterocycles. The number of likely N-dealkylation sites (tertiary alicyclic amines) is 1. The first kappa shape index (κ1) is 53.2. The van der Waals surface area contributed by atoms with Gasteiger partial charge in [0.2, 0.25) is 0 Å². The van der Waals surface area contributed by atoms with Crippen LogP contribution in [0.25, 0.3) is 0 Å². The van der Waals surface area contributed by atoms with Crippen LogP contribution in [-0.4, -0.2) is 98.5 Å². The number of rotatable bonds is 24. The van der Waals surface area contributed by atoms with E-state index in [1.165, 1.54) is 18.2 Å². The highest BCUT2D eigenvalue weighted by Crippen LogP contribution is 2.49. The van der Waals surface area contributed by atoms with Crippen molar-refractivity contribution in [1.29, 1.82) is 5.26 Å². The molecule has 0 bridgehead atoms. The number of likely N-dealkylation sites (N-methyl/N-ethyl adjacent to an activating group) is 1. The maximum atomic E-state index is 14.4. The molecular weight excluding hydrogens is 933 g/mol. The minimum absolute atomic E-state index is 0.0823. The number of benzene rings is 5. The van der Waals surface area contributed by atoms with Crippen molar-refractivity contribution in [2.75, 3.05) is 58.6 Å². The molecule has 1 fully saturated rings. The monoisotopic (exact) mass is 993 g/mol. The lowest BCUT2D eigenvalue weighted by Gasteiger charge is -2.38. The van der Waals surface area contributed by atoms with E-state index >= 15 is 0 Å². The molecule has 0 aliphatic carbocycles. The average molecular weight is 995 g/mol. The number of carbonyl (C=O) groups excluding carboxylic acids is 1. The molecule has 1 amide bonds. The maximum Gasteiger partial charge on any atom is 0.410 e. The summed E-state index contributed by atoms with van der Waals surface area (Å²) in [6, 6.07) is 38.9. The van der Waals surface area contributed by atoms with E-state index in [4.69, 9.17) is 39.6 Å². The Morgan fingerprint density at radius 2 is 1.50 bits per heavy atom. The average Bonchev–Trinajstić information content (AvgIpc) is 3.78. The summed E-state index contributed by atoms with van der Waals surface area (Å²) in [6.07, 6.45) is -0.304. The van der Waals surface area contributed by atoms with Gasteiger partial charge >= 0.3 is 6.09 Å². The summed E-state index contributed by atoms with van der Waals surface area (Å²) in [6.45, 7) is 12.0. The molecule has 370 valence electrons. The van der Waals surface area contributed by atoms with Crippen molar-refractivity contribution < 1.29 is 37.7 Å². The number of carbonyl (C=O) groups is 1. The zero-order chi connectivity index (χ0) is 50.2. The molecule has 5 aromatic carbocycles. The number of halogens is 1. The standard InChI is InChI=1S/C52H61ClN7O9P/c1-8-57(43-21-19-42(20-22-43)55-56-50-28-23-44(60(62)63)34-49(50)53)30-32-66-51(61)58-35-48(69-70(68-31-12-29-54)59(37(2)3)38(4)5)33-45(58)36-67-52(39-13-10-9-11-14-39,40-15-24-46(64-6)25-16-40)41-17-26-47(65-7)27-18-41/h9-11,13-28,34,37-38,45,48H,8,12,30-33,35-36H2,1-7H3/t45-,48+,70?/m0/s1. The van der Waals surface area contributed by atoms with Gasteiger partial charge in [0.1, 0.15) is 29.4 Å². The van der Waals surface area contributed by atoms with E-state index in [0.29, 0.717) is 42.4 Å². The van der Waals surface area contributed by atoms with Crippen LogP contribution < -0.4 is 14.4 Å². The van der Waals surface area contributed by atoms with Crippen LogP contribution in [0.3, 0.4) is 0 Å². The van der Waals surface area contributed by atoms with Gasteiger partial charge in [0, 0.05) is 36.4 Å². The summed E-state index contributed by atoms with van der Waals surface area (Å²) in [7, 11) is 1.65. The molecule has 3 atom stereocenters. The van der Waals surface area contributed by atoms with Crippen molar-refractivity contribution in [2.24, 2.45) is 10.2 Å². The van der Waals surface area contributed by atoms with Crippen molar-refractivity contribution in [3.63, 3.8) is 0 Å². The predicted octanol–water partition coefficient (Wildman–Crippen LogP) is 12.4. The van der Waals surface area contributed by atoms with Crippen LogP contribution in [0.4, 0.5) is 27.5 Å². The van der Waals surface area contributed by atoms with E-state index in [0.717, 1.165) is 22.4 Å². The van der Waals surface area contributed by atoms with Crippen LogP contribution >= 0.6 is 20.1 Å². The number of non-ortho nitro benzene ring substituents is 1. The van der Waals surface area contributed by atoms with Crippen molar-refractivity contribution in [1.82, 2.24) is 9.57 Å². The number of ether oxygens (including phenoxy) is 4. The molecule has 6 rings (SSSR count). The first-order valence-electron chi connectivity index (χ1n) is 23.2. The van der Waals surface area contributed by atoms with E-state index in [1.54, 1.807) is 31.3 Å². The molecule has 1 aliphatic rings. The zero-order valence-electron chi connectivity index (χ0n) is 40.6. The molecule has 5 aromatic rings. The van der Waals surface area contributed by atoms with Crippen LogP contribution in [0.15, 0.2) is 132 Å². The Labute approximate surface area is 416 Å². The quantitative estimate of drug-likeness (QED) is 0.0143. The van der Waals surface area contributed by atoms with E-state index in [2.05, 4.69) is 53.6 Å². The lowest BCUT2D eigenvalue weighted by Crippen LogP contribution is -2.43. The smallest absolute Gasteiger partial charge is 0.410 e. The molecule has 1 unspecified atom stereocenters. The van der Waals surface area contributed by atoms with E-state index < -0.39 is 37.3 Å². The fourth-order valence-corrected chi connectivity index (χ4v) is 10.3.